The highest BCUT2D eigenvalue weighted by atomic mass is 16.5. The van der Waals surface area contributed by atoms with Crippen molar-refractivity contribution in [3.8, 4) is 11.8 Å². The molecule has 1 aliphatic heterocycles. The number of anilines is 1. The van der Waals surface area contributed by atoms with Crippen molar-refractivity contribution in [1.29, 1.82) is 0 Å². The normalized spacial score (nSPS) is 16.7. The highest BCUT2D eigenvalue weighted by Crippen LogP contribution is 2.25. The molecule has 1 aromatic heterocycles. The van der Waals surface area contributed by atoms with E-state index >= 15 is 0 Å². The van der Waals surface area contributed by atoms with Gasteiger partial charge in [-0.2, -0.15) is 4.98 Å². The van der Waals surface area contributed by atoms with Crippen LogP contribution in [-0.4, -0.2) is 41.7 Å². The second-order valence-corrected chi connectivity index (χ2v) is 6.51. The molecule has 0 radical (unpaired) electrons. The van der Waals surface area contributed by atoms with Crippen LogP contribution in [-0.2, 0) is 0 Å². The molecule has 118 valence electrons. The molecule has 0 amide bonds. The maximum absolute atomic E-state index is 5.89. The van der Waals surface area contributed by atoms with Crippen LogP contribution in [0.4, 0.5) is 5.69 Å². The molecular formula is C16H27N3O2. The van der Waals surface area contributed by atoms with E-state index in [1.807, 2.05) is 20.8 Å². The van der Waals surface area contributed by atoms with Gasteiger partial charge in [0.15, 0.2) is 0 Å². The number of likely N-dealkylation sites (tertiary alicyclic amines) is 1. The zero-order valence-electron chi connectivity index (χ0n) is 13.4. The summed E-state index contributed by atoms with van der Waals surface area (Å²) in [5.74, 6) is 1.01. The summed E-state index contributed by atoms with van der Waals surface area (Å²) in [6.45, 7) is 9.86. The van der Waals surface area contributed by atoms with Gasteiger partial charge in [-0.25, -0.2) is 0 Å². The van der Waals surface area contributed by atoms with E-state index in [2.05, 4.69) is 9.88 Å². The van der Waals surface area contributed by atoms with Gasteiger partial charge in [0.1, 0.15) is 12.2 Å². The second kappa shape index (κ2) is 6.98. The Morgan fingerprint density at radius 3 is 2.57 bits per heavy atom. The van der Waals surface area contributed by atoms with E-state index in [1.165, 1.54) is 32.4 Å². The van der Waals surface area contributed by atoms with Gasteiger partial charge in [0.25, 0.3) is 0 Å². The standard InChI is InChI=1S/C16H27N3O2/c1-16(2,3)21-15-13(17)7-8-14(18-15)20-12-11-19-9-5-4-6-10-19/h7-8H,4-6,9-12,17H2,1-3H3. The topological polar surface area (TPSA) is 60.6 Å². The Morgan fingerprint density at radius 2 is 1.90 bits per heavy atom. The first kappa shape index (κ1) is 15.9. The van der Waals surface area contributed by atoms with Gasteiger partial charge in [0, 0.05) is 12.6 Å². The number of aromatic nitrogens is 1. The monoisotopic (exact) mass is 293 g/mol. The number of nitrogens with two attached hydrogens (primary N) is 1. The summed E-state index contributed by atoms with van der Waals surface area (Å²) in [5, 5.41) is 0. The Morgan fingerprint density at radius 1 is 1.19 bits per heavy atom. The maximum Gasteiger partial charge on any atom is 0.241 e. The Labute approximate surface area is 127 Å². The molecule has 0 saturated carbocycles. The average molecular weight is 293 g/mol. The van der Waals surface area contributed by atoms with Crippen molar-refractivity contribution in [2.75, 3.05) is 32.0 Å². The van der Waals surface area contributed by atoms with E-state index in [1.54, 1.807) is 12.1 Å². The van der Waals surface area contributed by atoms with Gasteiger partial charge in [0.05, 0.1) is 5.69 Å². The fourth-order valence-corrected chi connectivity index (χ4v) is 2.35. The van der Waals surface area contributed by atoms with E-state index in [0.717, 1.165) is 6.54 Å². The molecule has 2 N–H and O–H groups in total. The zero-order chi connectivity index (χ0) is 15.3. The van der Waals surface area contributed by atoms with Crippen molar-refractivity contribution in [2.24, 2.45) is 0 Å². The number of piperidine rings is 1. The van der Waals surface area contributed by atoms with Crippen LogP contribution < -0.4 is 15.2 Å². The molecule has 2 rings (SSSR count). The predicted molar refractivity (Wildman–Crippen MR) is 84.8 cm³/mol. The molecule has 0 bridgehead atoms. The molecule has 0 aromatic carbocycles. The van der Waals surface area contributed by atoms with Gasteiger partial charge in [-0.1, -0.05) is 6.42 Å². The summed E-state index contributed by atoms with van der Waals surface area (Å²) in [5.41, 5.74) is 6.10. The van der Waals surface area contributed by atoms with Gasteiger partial charge in [0.2, 0.25) is 11.8 Å². The molecule has 1 aromatic rings. The SMILES string of the molecule is CC(C)(C)Oc1nc(OCCN2CCCCC2)ccc1N. The van der Waals surface area contributed by atoms with Gasteiger partial charge in [-0.05, 0) is 52.8 Å². The summed E-state index contributed by atoms with van der Waals surface area (Å²) < 4.78 is 11.5. The first-order chi connectivity index (χ1) is 9.94. The Hall–Kier alpha value is -1.49. The fourth-order valence-electron chi connectivity index (χ4n) is 2.35. The van der Waals surface area contributed by atoms with Crippen molar-refractivity contribution < 1.29 is 9.47 Å². The number of ether oxygens (including phenoxy) is 2. The molecule has 5 heteroatoms. The molecule has 0 spiro atoms. The Balaban J connectivity index is 1.86. The van der Waals surface area contributed by atoms with E-state index in [0.29, 0.717) is 24.1 Å². The third-order valence-electron chi connectivity index (χ3n) is 3.37. The molecule has 2 heterocycles. The molecule has 1 saturated heterocycles. The number of hydrogen-bond acceptors (Lipinski definition) is 5. The summed E-state index contributed by atoms with van der Waals surface area (Å²) in [6, 6.07) is 3.57. The summed E-state index contributed by atoms with van der Waals surface area (Å²) in [4.78, 5) is 6.79. The van der Waals surface area contributed by atoms with E-state index in [4.69, 9.17) is 15.2 Å². The quantitative estimate of drug-likeness (QED) is 0.904. The number of rotatable bonds is 5. The second-order valence-electron chi connectivity index (χ2n) is 6.51. The van der Waals surface area contributed by atoms with Crippen LogP contribution in [0.1, 0.15) is 40.0 Å². The third-order valence-corrected chi connectivity index (χ3v) is 3.37. The molecule has 1 aliphatic rings. The minimum absolute atomic E-state index is 0.326. The van der Waals surface area contributed by atoms with E-state index < -0.39 is 0 Å². The van der Waals surface area contributed by atoms with Crippen LogP contribution in [0, 0.1) is 0 Å². The van der Waals surface area contributed by atoms with Crippen LogP contribution in [0.15, 0.2) is 12.1 Å². The third kappa shape index (κ3) is 5.42. The molecule has 21 heavy (non-hydrogen) atoms. The van der Waals surface area contributed by atoms with Crippen LogP contribution in [0.5, 0.6) is 11.8 Å². The van der Waals surface area contributed by atoms with Crippen molar-refractivity contribution >= 4 is 5.69 Å². The lowest BCUT2D eigenvalue weighted by Gasteiger charge is -2.26. The van der Waals surface area contributed by atoms with Crippen LogP contribution >= 0.6 is 0 Å². The number of hydrogen-bond donors (Lipinski definition) is 1. The van der Waals surface area contributed by atoms with Gasteiger partial charge < -0.3 is 15.2 Å². The minimum Gasteiger partial charge on any atom is -0.476 e. The largest absolute Gasteiger partial charge is 0.476 e. The van der Waals surface area contributed by atoms with Crippen molar-refractivity contribution in [3.63, 3.8) is 0 Å². The van der Waals surface area contributed by atoms with Crippen molar-refractivity contribution in [3.05, 3.63) is 12.1 Å². The highest BCUT2D eigenvalue weighted by molar-refractivity contribution is 5.49. The molecule has 0 atom stereocenters. The summed E-state index contributed by atoms with van der Waals surface area (Å²) in [6.07, 6.45) is 3.94. The first-order valence-electron chi connectivity index (χ1n) is 7.75. The van der Waals surface area contributed by atoms with E-state index in [9.17, 15) is 0 Å². The Bertz CT molecular complexity index is 451. The van der Waals surface area contributed by atoms with Gasteiger partial charge in [-0.3, -0.25) is 4.90 Å². The zero-order valence-corrected chi connectivity index (χ0v) is 13.4. The van der Waals surface area contributed by atoms with Crippen LogP contribution in [0.2, 0.25) is 0 Å². The van der Waals surface area contributed by atoms with Gasteiger partial charge >= 0.3 is 0 Å². The van der Waals surface area contributed by atoms with Gasteiger partial charge in [-0.15, -0.1) is 0 Å². The van der Waals surface area contributed by atoms with Crippen molar-refractivity contribution in [1.82, 2.24) is 9.88 Å². The van der Waals surface area contributed by atoms with Crippen LogP contribution in [0.3, 0.4) is 0 Å². The highest BCUT2D eigenvalue weighted by Gasteiger charge is 2.16. The van der Waals surface area contributed by atoms with Crippen LogP contribution in [0.25, 0.3) is 0 Å². The fraction of sp³-hybridized carbons (Fsp3) is 0.688. The summed E-state index contributed by atoms with van der Waals surface area (Å²) in [7, 11) is 0. The lowest BCUT2D eigenvalue weighted by Crippen LogP contribution is -2.33. The smallest absolute Gasteiger partial charge is 0.241 e. The average Bonchev–Trinajstić information content (AvgIpc) is 2.42. The number of nitrogens with zero attached hydrogens (tertiary/aromatic N) is 2. The molecule has 0 aliphatic carbocycles. The first-order valence-corrected chi connectivity index (χ1v) is 7.75. The Kier molecular flexibility index (Phi) is 5.28. The van der Waals surface area contributed by atoms with E-state index in [-0.39, 0.29) is 5.60 Å². The molecule has 1 fully saturated rings. The molecular weight excluding hydrogens is 266 g/mol. The number of nitrogen functional groups attached to an aromatic ring is 1. The molecule has 0 unspecified atom stereocenters. The predicted octanol–water partition coefficient (Wildman–Crippen LogP) is 2.71. The number of pyridine rings is 1. The molecule has 5 nitrogen and oxygen atoms in total. The lowest BCUT2D eigenvalue weighted by atomic mass is 10.1. The summed E-state index contributed by atoms with van der Waals surface area (Å²) >= 11 is 0. The van der Waals surface area contributed by atoms with Crippen molar-refractivity contribution in [2.45, 2.75) is 45.6 Å². The maximum atomic E-state index is 5.89. The minimum atomic E-state index is -0.326. The lowest BCUT2D eigenvalue weighted by molar-refractivity contribution is 0.123.